The van der Waals surface area contributed by atoms with Crippen LogP contribution in [0.3, 0.4) is 0 Å². The summed E-state index contributed by atoms with van der Waals surface area (Å²) in [5.74, 6) is 1.37. The van der Waals surface area contributed by atoms with Crippen molar-refractivity contribution in [3.05, 3.63) is 0 Å². The van der Waals surface area contributed by atoms with Gasteiger partial charge in [-0.05, 0) is 0 Å². The van der Waals surface area contributed by atoms with Crippen LogP contribution in [0.2, 0.25) is 0 Å². The average molecular weight is 91.1 g/mol. The summed E-state index contributed by atoms with van der Waals surface area (Å²) in [6.45, 7) is 0. The molecule has 0 fully saturated rings. The summed E-state index contributed by atoms with van der Waals surface area (Å²) < 4.78 is 3.11. The third kappa shape index (κ3) is 2.19. The molecule has 0 bridgehead atoms. The Morgan fingerprint density at radius 1 is 2.00 bits per heavy atom. The third-order valence-electron chi connectivity index (χ3n) is 0.0527. The van der Waals surface area contributed by atoms with Crippen LogP contribution in [0.15, 0.2) is 4.36 Å². The Kier molecular flexibility index (Phi) is 3.34. The topological polar surface area (TPSA) is 12.4 Å². The highest BCUT2D eigenvalue weighted by Gasteiger charge is 1.32. The molecular formula is CH2NPS. The van der Waals surface area contributed by atoms with Crippen molar-refractivity contribution >= 4 is 27.2 Å². The quantitative estimate of drug-likeness (QED) is 0.431. The minimum Gasteiger partial charge on any atom is -0.185 e. The fourth-order valence-corrected chi connectivity index (χ4v) is 0. The molecule has 0 atom stereocenters. The monoisotopic (exact) mass is 91.0 g/mol. The highest BCUT2D eigenvalue weighted by molar-refractivity contribution is 7.48. The first-order chi connectivity index (χ1) is 1.91. The zero-order valence-corrected chi connectivity index (χ0v) is 3.75. The van der Waals surface area contributed by atoms with Gasteiger partial charge in [-0.2, -0.15) is 4.36 Å². The van der Waals surface area contributed by atoms with Crippen LogP contribution >= 0.6 is 8.86 Å². The molecule has 3 heteroatoms. The lowest BCUT2D eigenvalue weighted by atomic mass is 11.6. The van der Waals surface area contributed by atoms with Gasteiger partial charge in [0, 0.05) is 12.4 Å². The van der Waals surface area contributed by atoms with Crippen LogP contribution < -0.4 is 0 Å². The Labute approximate surface area is 32.4 Å². The van der Waals surface area contributed by atoms with Gasteiger partial charge in [0.2, 0.25) is 0 Å². The van der Waals surface area contributed by atoms with E-state index in [1.165, 1.54) is 5.92 Å². The molecule has 0 rings (SSSR count). The van der Waals surface area contributed by atoms with E-state index in [0.29, 0.717) is 0 Å². The van der Waals surface area contributed by atoms with Crippen LogP contribution in [-0.4, -0.2) is 5.92 Å². The van der Waals surface area contributed by atoms with Crippen molar-refractivity contribution in [2.24, 2.45) is 4.36 Å². The first-order valence-corrected chi connectivity index (χ1v) is 1.67. The predicted molar refractivity (Wildman–Crippen MR) is 24.2 cm³/mol. The van der Waals surface area contributed by atoms with Crippen LogP contribution in [-0.2, 0) is 12.4 Å². The second-order valence-corrected chi connectivity index (χ2v) is 0.704. The zero-order valence-electron chi connectivity index (χ0n) is 1.93. The molecule has 0 aromatic carbocycles. The Morgan fingerprint density at radius 3 is 2.25 bits per heavy atom. The van der Waals surface area contributed by atoms with E-state index in [0.717, 1.165) is 0 Å². The molecule has 0 N–H and O–H groups in total. The summed E-state index contributed by atoms with van der Waals surface area (Å²) in [5.41, 5.74) is 0. The summed E-state index contributed by atoms with van der Waals surface area (Å²) in [4.78, 5) is 0. The van der Waals surface area contributed by atoms with Gasteiger partial charge in [-0.15, -0.1) is 8.86 Å². The van der Waals surface area contributed by atoms with Gasteiger partial charge in [0.15, 0.2) is 0 Å². The molecule has 4 heavy (non-hydrogen) atoms. The third-order valence-corrected chi connectivity index (χ3v) is 0.474. The maximum atomic E-state index is 4.07. The van der Waals surface area contributed by atoms with Crippen LogP contribution in [0.25, 0.3) is 0 Å². The van der Waals surface area contributed by atoms with Crippen molar-refractivity contribution in [3.63, 3.8) is 0 Å². The smallest absolute Gasteiger partial charge is 0.0603 e. The van der Waals surface area contributed by atoms with E-state index in [9.17, 15) is 0 Å². The summed E-state index contributed by atoms with van der Waals surface area (Å²) in [6.07, 6.45) is 0. The van der Waals surface area contributed by atoms with Gasteiger partial charge in [0.1, 0.15) is 0 Å². The van der Waals surface area contributed by atoms with Gasteiger partial charge in [0.25, 0.3) is 0 Å². The molecule has 0 aliphatic heterocycles. The van der Waals surface area contributed by atoms with E-state index >= 15 is 0 Å². The van der Waals surface area contributed by atoms with Gasteiger partial charge < -0.3 is 0 Å². The van der Waals surface area contributed by atoms with Crippen LogP contribution in [0, 0.1) is 0 Å². The molecule has 0 aliphatic rings. The van der Waals surface area contributed by atoms with Crippen LogP contribution in [0.1, 0.15) is 0 Å². The van der Waals surface area contributed by atoms with E-state index in [4.69, 9.17) is 0 Å². The van der Waals surface area contributed by atoms with Gasteiger partial charge in [-0.25, -0.2) is 0 Å². The molecule has 1 nitrogen and oxygen atoms in total. The molecule has 22 valence electrons. The van der Waals surface area contributed by atoms with Crippen molar-refractivity contribution in [1.82, 2.24) is 0 Å². The van der Waals surface area contributed by atoms with Gasteiger partial charge >= 0.3 is 0 Å². The number of hydrogen-bond acceptors (Lipinski definition) is 1. The Balaban J connectivity index is 2.73. The lowest BCUT2D eigenvalue weighted by molar-refractivity contribution is 1.99. The highest BCUT2D eigenvalue weighted by Crippen LogP contribution is 1.51. The first kappa shape index (κ1) is 4.19. The van der Waals surface area contributed by atoms with E-state index in [-0.39, 0.29) is 0 Å². The fourth-order valence-electron chi connectivity index (χ4n) is 0. The van der Waals surface area contributed by atoms with E-state index in [1.54, 1.807) is 0 Å². The van der Waals surface area contributed by atoms with Crippen molar-refractivity contribution in [2.45, 2.75) is 0 Å². The summed E-state index contributed by atoms with van der Waals surface area (Å²) in [7, 11) is 2.89. The molecule has 0 unspecified atom stereocenters. The molecular weight excluding hydrogens is 89.1 g/mol. The SMILES string of the molecule is P=CN=S. The molecule has 0 aliphatic carbocycles. The second kappa shape index (κ2) is 3.19. The van der Waals surface area contributed by atoms with Gasteiger partial charge in [0.05, 0.1) is 5.92 Å². The largest absolute Gasteiger partial charge is 0.185 e. The Bertz CT molecular complexity index is 29.0. The van der Waals surface area contributed by atoms with Crippen molar-refractivity contribution in [3.8, 4) is 0 Å². The minimum absolute atomic E-state index is 1.37. The van der Waals surface area contributed by atoms with E-state index in [1.807, 2.05) is 0 Å². The number of hydrogen-bond donors (Lipinski definition) is 0. The molecule has 0 heterocycles. The van der Waals surface area contributed by atoms with E-state index < -0.39 is 0 Å². The second-order valence-electron chi connectivity index (χ2n) is 0.235. The Morgan fingerprint density at radius 2 is 2.25 bits per heavy atom. The minimum atomic E-state index is 1.37. The molecule has 0 aromatic rings. The van der Waals surface area contributed by atoms with Crippen molar-refractivity contribution in [1.29, 1.82) is 0 Å². The normalized spacial score (nSPS) is 5.00. The maximum Gasteiger partial charge on any atom is 0.0603 e. The molecule has 0 radical (unpaired) electrons. The molecule has 0 aromatic heterocycles. The standard InChI is InChI=1S/CH2NPS/c3-1-2-4/h1,3H. The molecule has 0 saturated carbocycles. The maximum absolute atomic E-state index is 4.07. The molecule has 0 amide bonds. The predicted octanol–water partition coefficient (Wildman–Crippen LogP) is 0.619. The lowest BCUT2D eigenvalue weighted by Crippen LogP contribution is -1.36. The van der Waals surface area contributed by atoms with Gasteiger partial charge in [-0.3, -0.25) is 0 Å². The summed E-state index contributed by atoms with van der Waals surface area (Å²) in [6, 6.07) is 0. The molecule has 0 saturated heterocycles. The lowest BCUT2D eigenvalue weighted by Gasteiger charge is -1.43. The van der Waals surface area contributed by atoms with Gasteiger partial charge in [-0.1, -0.05) is 0 Å². The highest BCUT2D eigenvalue weighted by atomic mass is 32.1. The van der Waals surface area contributed by atoms with Crippen LogP contribution in [0.4, 0.5) is 0 Å². The summed E-state index contributed by atoms with van der Waals surface area (Å²) >= 11 is 4.07. The van der Waals surface area contributed by atoms with Crippen molar-refractivity contribution < 1.29 is 0 Å². The zero-order chi connectivity index (χ0) is 3.41. The average Bonchev–Trinajstić information content (AvgIpc) is 1.37. The van der Waals surface area contributed by atoms with Crippen LogP contribution in [0.5, 0.6) is 0 Å². The van der Waals surface area contributed by atoms with Crippen molar-refractivity contribution in [2.75, 3.05) is 0 Å². The van der Waals surface area contributed by atoms with E-state index in [2.05, 4.69) is 25.7 Å². The first-order valence-electron chi connectivity index (χ1n) is 0.729. The number of nitrogens with zero attached hydrogens (tertiary/aromatic N) is 1. The number of rotatable bonds is 1. The summed E-state index contributed by atoms with van der Waals surface area (Å²) in [5, 5.41) is 0. The Hall–Kier alpha value is 0.190. The fraction of sp³-hybridized carbons (Fsp3) is 0. The molecule has 0 spiro atoms.